The average Bonchev–Trinajstić information content (AvgIpc) is 2.84. The highest BCUT2D eigenvalue weighted by Crippen LogP contribution is 2.23. The lowest BCUT2D eigenvalue weighted by Gasteiger charge is -2.34. The number of pyridine rings is 1. The van der Waals surface area contributed by atoms with Crippen LogP contribution in [0.5, 0.6) is 0 Å². The molecule has 1 aliphatic heterocycles. The molecule has 3 rings (SSSR count). The molecule has 7 heteroatoms. The zero-order chi connectivity index (χ0) is 25.7. The molecule has 0 bridgehead atoms. The van der Waals surface area contributed by atoms with Gasteiger partial charge in [0, 0.05) is 48.8 Å². The number of aliphatic imine (C=N–C) groups is 1. The van der Waals surface area contributed by atoms with E-state index in [4.69, 9.17) is 16.1 Å². The summed E-state index contributed by atoms with van der Waals surface area (Å²) in [5.74, 6) is -0.227. The third-order valence-corrected chi connectivity index (χ3v) is 6.70. The van der Waals surface area contributed by atoms with Gasteiger partial charge < -0.3 is 16.0 Å². The second-order valence-electron chi connectivity index (χ2n) is 9.71. The van der Waals surface area contributed by atoms with Crippen molar-refractivity contribution in [3.63, 3.8) is 0 Å². The first kappa shape index (κ1) is 26.3. The molecule has 35 heavy (non-hydrogen) atoms. The number of nitrogens with one attached hydrogen (secondary N) is 2. The van der Waals surface area contributed by atoms with Crippen LogP contribution < -0.4 is 11.1 Å². The van der Waals surface area contributed by atoms with Gasteiger partial charge in [0.05, 0.1) is 11.4 Å². The minimum Gasteiger partial charge on any atom is -0.398 e. The lowest BCUT2D eigenvalue weighted by atomic mass is 9.98. The highest BCUT2D eigenvalue weighted by Gasteiger charge is 2.24. The van der Waals surface area contributed by atoms with Gasteiger partial charge in [-0.25, -0.2) is 4.99 Å². The molecule has 1 fully saturated rings. The number of likely N-dealkylation sites (tertiary alicyclic amines) is 1. The molecule has 1 amide bonds. The van der Waals surface area contributed by atoms with E-state index < -0.39 is 0 Å². The van der Waals surface area contributed by atoms with Gasteiger partial charge in [-0.15, -0.1) is 0 Å². The van der Waals surface area contributed by atoms with Gasteiger partial charge in [0.1, 0.15) is 5.70 Å². The van der Waals surface area contributed by atoms with E-state index in [1.54, 1.807) is 19.3 Å². The number of nitrogen functional groups attached to an aromatic ring is 1. The molecule has 0 radical (unpaired) electrons. The molecule has 0 unspecified atom stereocenters. The largest absolute Gasteiger partial charge is 0.398 e. The molecule has 1 aliphatic rings. The number of hydrogen-bond acceptors (Lipinski definition) is 6. The summed E-state index contributed by atoms with van der Waals surface area (Å²) >= 11 is 0. The summed E-state index contributed by atoms with van der Waals surface area (Å²) in [6.45, 7) is 13.9. The second-order valence-corrected chi connectivity index (χ2v) is 9.71. The molecule has 2 heterocycles. The Balaban J connectivity index is 1.93. The number of piperidine rings is 1. The molecule has 4 N–H and O–H groups in total. The van der Waals surface area contributed by atoms with Crippen molar-refractivity contribution in [2.24, 2.45) is 4.99 Å². The highest BCUT2D eigenvalue weighted by atomic mass is 16.2. The van der Waals surface area contributed by atoms with Crippen molar-refractivity contribution >= 4 is 28.6 Å². The van der Waals surface area contributed by atoms with Gasteiger partial charge in [-0.3, -0.25) is 15.2 Å². The molecule has 1 saturated heterocycles. The van der Waals surface area contributed by atoms with Crippen LogP contribution in [0.4, 0.5) is 5.69 Å². The average molecular weight is 475 g/mol. The number of aromatic nitrogens is 1. The highest BCUT2D eigenvalue weighted by molar-refractivity contribution is 6.48. The molecular formula is C28H38N6O. The topological polar surface area (TPSA) is 107 Å². The predicted molar refractivity (Wildman–Crippen MR) is 145 cm³/mol. The Hall–Kier alpha value is -3.32. The molecule has 1 aromatic carbocycles. The van der Waals surface area contributed by atoms with E-state index in [-0.39, 0.29) is 17.7 Å². The number of carbonyl (C=O) groups excluding carboxylic acids is 1. The number of aryl methyl sites for hydroxylation is 2. The maximum atomic E-state index is 13.5. The van der Waals surface area contributed by atoms with E-state index in [0.29, 0.717) is 28.7 Å². The number of rotatable bonds is 7. The SMILES string of the molecule is CC(=N/C(C(=O)NC1CCN(C(C)C)CC1)=C(\C)c1cccnc1)C(=N)c1cc(C)cc(C)c1N. The first-order valence-corrected chi connectivity index (χ1v) is 12.3. The van der Waals surface area contributed by atoms with Crippen molar-refractivity contribution in [2.45, 2.75) is 66.5 Å². The van der Waals surface area contributed by atoms with Crippen LogP contribution in [0.25, 0.3) is 5.57 Å². The van der Waals surface area contributed by atoms with Crippen LogP contribution in [0.15, 0.2) is 47.3 Å². The fourth-order valence-electron chi connectivity index (χ4n) is 4.44. The zero-order valence-electron chi connectivity index (χ0n) is 21.8. The normalized spacial score (nSPS) is 16.3. The van der Waals surface area contributed by atoms with Crippen LogP contribution >= 0.6 is 0 Å². The van der Waals surface area contributed by atoms with Gasteiger partial charge in [0.25, 0.3) is 5.91 Å². The van der Waals surface area contributed by atoms with Crippen molar-refractivity contribution in [1.29, 1.82) is 5.41 Å². The third-order valence-electron chi connectivity index (χ3n) is 6.70. The van der Waals surface area contributed by atoms with Crippen LogP contribution in [0.2, 0.25) is 0 Å². The first-order chi connectivity index (χ1) is 16.6. The minimum absolute atomic E-state index is 0.0965. The number of allylic oxidation sites excluding steroid dienone is 1. The van der Waals surface area contributed by atoms with Gasteiger partial charge in [-0.2, -0.15) is 0 Å². The van der Waals surface area contributed by atoms with Crippen molar-refractivity contribution in [3.05, 3.63) is 64.6 Å². The molecule has 2 aromatic rings. The molecule has 0 spiro atoms. The number of amides is 1. The van der Waals surface area contributed by atoms with E-state index in [0.717, 1.165) is 48.2 Å². The fraction of sp³-hybridized carbons (Fsp3) is 0.429. The van der Waals surface area contributed by atoms with Crippen molar-refractivity contribution in [1.82, 2.24) is 15.2 Å². The van der Waals surface area contributed by atoms with Crippen LogP contribution in [0.3, 0.4) is 0 Å². The molecule has 0 saturated carbocycles. The van der Waals surface area contributed by atoms with E-state index in [1.165, 1.54) is 0 Å². The van der Waals surface area contributed by atoms with Crippen LogP contribution in [-0.4, -0.2) is 52.4 Å². The van der Waals surface area contributed by atoms with Crippen molar-refractivity contribution < 1.29 is 4.79 Å². The van der Waals surface area contributed by atoms with Gasteiger partial charge >= 0.3 is 0 Å². The van der Waals surface area contributed by atoms with Crippen molar-refractivity contribution in [3.8, 4) is 0 Å². The fourth-order valence-corrected chi connectivity index (χ4v) is 4.44. The molecule has 0 atom stereocenters. The Morgan fingerprint density at radius 1 is 1.23 bits per heavy atom. The summed E-state index contributed by atoms with van der Waals surface area (Å²) in [6, 6.07) is 8.24. The number of benzene rings is 1. The number of nitrogens with two attached hydrogens (primary N) is 1. The van der Waals surface area contributed by atoms with Crippen LogP contribution in [-0.2, 0) is 4.79 Å². The summed E-state index contributed by atoms with van der Waals surface area (Å²) in [5, 5.41) is 12.0. The maximum absolute atomic E-state index is 13.5. The van der Waals surface area contributed by atoms with Crippen LogP contribution in [0.1, 0.15) is 62.8 Å². The molecule has 0 aliphatic carbocycles. The lowest BCUT2D eigenvalue weighted by Crippen LogP contribution is -2.47. The minimum atomic E-state index is -0.227. The molecule has 186 valence electrons. The van der Waals surface area contributed by atoms with E-state index in [2.05, 4.69) is 29.0 Å². The van der Waals surface area contributed by atoms with Gasteiger partial charge in [0.2, 0.25) is 0 Å². The van der Waals surface area contributed by atoms with Gasteiger partial charge in [0.15, 0.2) is 0 Å². The molecule has 7 nitrogen and oxygen atoms in total. The maximum Gasteiger partial charge on any atom is 0.270 e. The van der Waals surface area contributed by atoms with Crippen LogP contribution in [0, 0.1) is 19.3 Å². The summed E-state index contributed by atoms with van der Waals surface area (Å²) in [4.78, 5) is 24.8. The monoisotopic (exact) mass is 474 g/mol. The third kappa shape index (κ3) is 6.42. The summed E-state index contributed by atoms with van der Waals surface area (Å²) in [5.41, 5.74) is 11.9. The predicted octanol–water partition coefficient (Wildman–Crippen LogP) is 4.53. The standard InChI is InChI=1S/C28H38N6O/c1-17(2)34-12-9-23(10-13-34)33-28(35)27(20(5)22-8-7-11-31-16-22)32-21(6)26(30)24-15-18(3)14-19(4)25(24)29/h7-8,11,14-17,23,30H,9-10,12-13,29H2,1-6H3,(H,33,35)/b27-20+,30-26?,32-21?. The second kappa shape index (κ2) is 11.4. The Labute approximate surface area is 209 Å². The Morgan fingerprint density at radius 2 is 1.91 bits per heavy atom. The summed E-state index contributed by atoms with van der Waals surface area (Å²) < 4.78 is 0. The van der Waals surface area contributed by atoms with Gasteiger partial charge in [-0.05, 0) is 83.2 Å². The van der Waals surface area contributed by atoms with E-state index in [9.17, 15) is 4.79 Å². The molecular weight excluding hydrogens is 436 g/mol. The summed E-state index contributed by atoms with van der Waals surface area (Å²) in [7, 11) is 0. The Morgan fingerprint density at radius 3 is 2.51 bits per heavy atom. The van der Waals surface area contributed by atoms with E-state index in [1.807, 2.05) is 45.0 Å². The molecule has 1 aromatic heterocycles. The van der Waals surface area contributed by atoms with E-state index >= 15 is 0 Å². The summed E-state index contributed by atoms with van der Waals surface area (Å²) in [6.07, 6.45) is 5.23. The Kier molecular flexibility index (Phi) is 8.57. The smallest absolute Gasteiger partial charge is 0.270 e. The van der Waals surface area contributed by atoms with Crippen molar-refractivity contribution in [2.75, 3.05) is 18.8 Å². The lowest BCUT2D eigenvalue weighted by molar-refractivity contribution is -0.118. The number of carbonyl (C=O) groups is 1. The quantitative estimate of drug-likeness (QED) is 0.311. The van der Waals surface area contributed by atoms with Gasteiger partial charge in [-0.1, -0.05) is 17.7 Å². The first-order valence-electron chi connectivity index (χ1n) is 12.3. The number of hydrogen-bond donors (Lipinski definition) is 3. The zero-order valence-corrected chi connectivity index (χ0v) is 21.8. The number of nitrogens with zero attached hydrogens (tertiary/aromatic N) is 3. The number of anilines is 1. The Bertz CT molecular complexity index is 1140.